The number of amides is 1. The molecule has 0 radical (unpaired) electrons. The van der Waals surface area contributed by atoms with Gasteiger partial charge in [-0.2, -0.15) is 0 Å². The SMILES string of the molecule is O=C(O)CNC(=O)CBr. The summed E-state index contributed by atoms with van der Waals surface area (Å²) in [5, 5.41) is 10.3. The third-order valence-electron chi connectivity index (χ3n) is 0.558. The summed E-state index contributed by atoms with van der Waals surface area (Å²) < 4.78 is 0. The molecule has 0 spiro atoms. The van der Waals surface area contributed by atoms with E-state index in [0.29, 0.717) is 0 Å². The van der Waals surface area contributed by atoms with E-state index in [9.17, 15) is 9.59 Å². The Morgan fingerprint density at radius 2 is 2.11 bits per heavy atom. The van der Waals surface area contributed by atoms with Crippen molar-refractivity contribution in [3.05, 3.63) is 0 Å². The minimum atomic E-state index is -1.04. The summed E-state index contributed by atoms with van der Waals surface area (Å²) in [6, 6.07) is 0. The van der Waals surface area contributed by atoms with Gasteiger partial charge < -0.3 is 10.4 Å². The summed E-state index contributed by atoms with van der Waals surface area (Å²) >= 11 is 2.86. The van der Waals surface area contributed by atoms with Crippen LogP contribution in [0, 0.1) is 0 Å². The van der Waals surface area contributed by atoms with Gasteiger partial charge >= 0.3 is 5.97 Å². The molecule has 0 aromatic carbocycles. The van der Waals surface area contributed by atoms with Gasteiger partial charge in [0.2, 0.25) is 5.91 Å². The normalized spacial score (nSPS) is 8.56. The lowest BCUT2D eigenvalue weighted by Crippen LogP contribution is -2.29. The molecule has 1 amide bonds. The van der Waals surface area contributed by atoms with Crippen LogP contribution in [0.3, 0.4) is 0 Å². The fourth-order valence-corrected chi connectivity index (χ4v) is 0.420. The molecule has 5 heteroatoms. The molecule has 0 saturated heterocycles. The molecule has 0 aliphatic carbocycles. The standard InChI is InChI=1S/C4H6BrNO3/c5-1-3(7)6-2-4(8)9/h1-2H2,(H,6,7)(H,8,9). The maximum atomic E-state index is 10.3. The minimum absolute atomic E-state index is 0.139. The van der Waals surface area contributed by atoms with E-state index in [1.165, 1.54) is 0 Å². The molecule has 52 valence electrons. The number of halogens is 1. The average molecular weight is 196 g/mol. The zero-order valence-electron chi connectivity index (χ0n) is 4.56. The lowest BCUT2D eigenvalue weighted by atomic mass is 10.6. The van der Waals surface area contributed by atoms with Crippen molar-refractivity contribution in [1.82, 2.24) is 5.32 Å². The molecule has 0 aliphatic rings. The van der Waals surface area contributed by atoms with Crippen LogP contribution in [0.2, 0.25) is 0 Å². The highest BCUT2D eigenvalue weighted by Crippen LogP contribution is 1.76. The molecule has 0 atom stereocenters. The maximum absolute atomic E-state index is 10.3. The first-order valence-electron chi connectivity index (χ1n) is 2.21. The van der Waals surface area contributed by atoms with Gasteiger partial charge in [-0.05, 0) is 0 Å². The van der Waals surface area contributed by atoms with Crippen LogP contribution < -0.4 is 5.32 Å². The van der Waals surface area contributed by atoms with Crippen LogP contribution in [0.1, 0.15) is 0 Å². The third-order valence-corrected chi connectivity index (χ3v) is 1.07. The van der Waals surface area contributed by atoms with Crippen LogP contribution in [-0.4, -0.2) is 28.9 Å². The van der Waals surface area contributed by atoms with Gasteiger partial charge in [0, 0.05) is 0 Å². The number of hydrogen-bond acceptors (Lipinski definition) is 2. The predicted molar refractivity (Wildman–Crippen MR) is 34.4 cm³/mol. The Labute approximate surface area is 60.4 Å². The van der Waals surface area contributed by atoms with Crippen LogP contribution >= 0.6 is 15.9 Å². The Bertz CT molecular complexity index is 125. The van der Waals surface area contributed by atoms with Crippen LogP contribution in [-0.2, 0) is 9.59 Å². The van der Waals surface area contributed by atoms with E-state index in [-0.39, 0.29) is 17.8 Å². The second kappa shape index (κ2) is 4.31. The van der Waals surface area contributed by atoms with Crippen LogP contribution in [0.15, 0.2) is 0 Å². The lowest BCUT2D eigenvalue weighted by molar-refractivity contribution is -0.137. The molecule has 0 aromatic rings. The highest BCUT2D eigenvalue weighted by atomic mass is 79.9. The van der Waals surface area contributed by atoms with Gasteiger partial charge in [-0.15, -0.1) is 0 Å². The third kappa shape index (κ3) is 5.29. The molecule has 0 aromatic heterocycles. The van der Waals surface area contributed by atoms with Crippen LogP contribution in [0.5, 0.6) is 0 Å². The molecular weight excluding hydrogens is 190 g/mol. The molecule has 0 fully saturated rings. The zero-order valence-corrected chi connectivity index (χ0v) is 6.14. The number of nitrogens with one attached hydrogen (secondary N) is 1. The summed E-state index contributed by atoms with van der Waals surface area (Å²) in [4.78, 5) is 20.1. The number of alkyl halides is 1. The van der Waals surface area contributed by atoms with Crippen molar-refractivity contribution in [2.24, 2.45) is 0 Å². The van der Waals surface area contributed by atoms with E-state index >= 15 is 0 Å². The number of rotatable bonds is 3. The highest BCUT2D eigenvalue weighted by Gasteiger charge is 1.99. The van der Waals surface area contributed by atoms with Gasteiger partial charge in [-0.3, -0.25) is 9.59 Å². The van der Waals surface area contributed by atoms with Crippen molar-refractivity contribution >= 4 is 27.8 Å². The van der Waals surface area contributed by atoms with Crippen molar-refractivity contribution in [2.45, 2.75) is 0 Å². The number of aliphatic carboxylic acids is 1. The Balaban J connectivity index is 3.28. The predicted octanol–water partition coefficient (Wildman–Crippen LogP) is -0.418. The zero-order chi connectivity index (χ0) is 7.28. The molecule has 0 unspecified atom stereocenters. The molecule has 0 saturated carbocycles. The molecule has 0 heterocycles. The molecule has 0 bridgehead atoms. The quantitative estimate of drug-likeness (QED) is 0.602. The molecule has 0 rings (SSSR count). The monoisotopic (exact) mass is 195 g/mol. The first-order valence-corrected chi connectivity index (χ1v) is 3.33. The average Bonchev–Trinajstić information content (AvgIpc) is 1.83. The van der Waals surface area contributed by atoms with Gasteiger partial charge in [0.15, 0.2) is 0 Å². The summed E-state index contributed by atoms with van der Waals surface area (Å²) in [5.41, 5.74) is 0. The maximum Gasteiger partial charge on any atom is 0.322 e. The Kier molecular flexibility index (Phi) is 4.04. The van der Waals surface area contributed by atoms with E-state index < -0.39 is 5.97 Å². The van der Waals surface area contributed by atoms with Gasteiger partial charge in [0.25, 0.3) is 0 Å². The molecule has 4 nitrogen and oxygen atoms in total. The number of carboxylic acid groups (broad SMARTS) is 1. The van der Waals surface area contributed by atoms with E-state index in [1.54, 1.807) is 0 Å². The van der Waals surface area contributed by atoms with Gasteiger partial charge in [-0.25, -0.2) is 0 Å². The van der Waals surface area contributed by atoms with Gasteiger partial charge in [-0.1, -0.05) is 15.9 Å². The largest absolute Gasteiger partial charge is 0.480 e. The fourth-order valence-electron chi connectivity index (χ4n) is 0.221. The molecule has 9 heavy (non-hydrogen) atoms. The first kappa shape index (κ1) is 8.42. The molecular formula is C4H6BrNO3. The van der Waals surface area contributed by atoms with Crippen molar-refractivity contribution in [3.8, 4) is 0 Å². The van der Waals surface area contributed by atoms with Crippen molar-refractivity contribution < 1.29 is 14.7 Å². The van der Waals surface area contributed by atoms with Gasteiger partial charge in [0.05, 0.1) is 5.33 Å². The topological polar surface area (TPSA) is 66.4 Å². The van der Waals surface area contributed by atoms with Gasteiger partial charge in [0.1, 0.15) is 6.54 Å². The smallest absolute Gasteiger partial charge is 0.322 e. The van der Waals surface area contributed by atoms with E-state index in [2.05, 4.69) is 21.2 Å². The summed E-state index contributed by atoms with van der Waals surface area (Å²) in [5.74, 6) is -1.36. The summed E-state index contributed by atoms with van der Waals surface area (Å²) in [7, 11) is 0. The van der Waals surface area contributed by atoms with E-state index in [0.717, 1.165) is 0 Å². The Morgan fingerprint density at radius 3 is 2.44 bits per heavy atom. The minimum Gasteiger partial charge on any atom is -0.480 e. The second-order valence-electron chi connectivity index (χ2n) is 1.30. The van der Waals surface area contributed by atoms with Crippen LogP contribution in [0.4, 0.5) is 0 Å². The Hall–Kier alpha value is -0.580. The number of carboxylic acids is 1. The Morgan fingerprint density at radius 1 is 1.56 bits per heavy atom. The summed E-state index contributed by atoms with van der Waals surface area (Å²) in [6.07, 6.45) is 0. The van der Waals surface area contributed by atoms with E-state index in [4.69, 9.17) is 5.11 Å². The summed E-state index contributed by atoms with van der Waals surface area (Å²) in [6.45, 7) is -0.315. The molecule has 0 aliphatic heterocycles. The van der Waals surface area contributed by atoms with Crippen molar-refractivity contribution in [3.63, 3.8) is 0 Å². The van der Waals surface area contributed by atoms with E-state index in [1.807, 2.05) is 0 Å². The number of carbonyl (C=O) groups excluding carboxylic acids is 1. The first-order chi connectivity index (χ1) is 4.16. The lowest BCUT2D eigenvalue weighted by Gasteiger charge is -1.95. The second-order valence-corrected chi connectivity index (χ2v) is 1.86. The van der Waals surface area contributed by atoms with Crippen molar-refractivity contribution in [2.75, 3.05) is 11.9 Å². The van der Waals surface area contributed by atoms with Crippen LogP contribution in [0.25, 0.3) is 0 Å². The fraction of sp³-hybridized carbons (Fsp3) is 0.500. The van der Waals surface area contributed by atoms with Crippen molar-refractivity contribution in [1.29, 1.82) is 0 Å². The number of carbonyl (C=O) groups is 2. The number of hydrogen-bond donors (Lipinski definition) is 2. The molecule has 2 N–H and O–H groups in total. The highest BCUT2D eigenvalue weighted by molar-refractivity contribution is 9.09.